The van der Waals surface area contributed by atoms with E-state index in [2.05, 4.69) is 93.7 Å². The molecule has 57 heavy (non-hydrogen) atoms. The molecule has 0 radical (unpaired) electrons. The Morgan fingerprint density at radius 3 is 1.21 bits per heavy atom. The van der Waals surface area contributed by atoms with Gasteiger partial charge in [0.2, 0.25) is 0 Å². The minimum Gasteiger partial charge on any atom is -0.462 e. The van der Waals surface area contributed by atoms with Crippen molar-refractivity contribution in [1.29, 1.82) is 0 Å². The van der Waals surface area contributed by atoms with E-state index in [0.29, 0.717) is 19.3 Å². The summed E-state index contributed by atoms with van der Waals surface area (Å²) in [5.41, 5.74) is 0. The smallest absolute Gasteiger partial charge is 0.306 e. The Balaban J connectivity index is 4.46. The van der Waals surface area contributed by atoms with Crippen LogP contribution >= 0.6 is 0 Å². The Hall–Kier alpha value is -3.41. The molecule has 0 fully saturated rings. The summed E-state index contributed by atoms with van der Waals surface area (Å²) in [5, 5.41) is 0. The molecule has 0 saturated carbocycles. The highest BCUT2D eigenvalue weighted by atomic mass is 16.6. The molecule has 0 aliphatic heterocycles. The first kappa shape index (κ1) is 53.6. The first-order valence-corrected chi connectivity index (χ1v) is 23.1. The second-order valence-corrected chi connectivity index (χ2v) is 14.9. The van der Waals surface area contributed by atoms with Crippen LogP contribution in [0.1, 0.15) is 201 Å². The van der Waals surface area contributed by atoms with Gasteiger partial charge in [-0.25, -0.2) is 0 Å². The third kappa shape index (κ3) is 43.6. The van der Waals surface area contributed by atoms with E-state index in [1.807, 2.05) is 12.2 Å². The molecule has 0 aliphatic carbocycles. The lowest BCUT2D eigenvalue weighted by atomic mass is 10.1. The highest BCUT2D eigenvalue weighted by Crippen LogP contribution is 2.12. The molecule has 6 nitrogen and oxygen atoms in total. The summed E-state index contributed by atoms with van der Waals surface area (Å²) in [6.07, 6.45) is 57.3. The number of carbonyl (C=O) groups is 3. The molecular formula is C51H84O6. The predicted octanol–water partition coefficient (Wildman–Crippen LogP) is 14.9. The van der Waals surface area contributed by atoms with E-state index in [-0.39, 0.29) is 37.5 Å². The van der Waals surface area contributed by atoms with Crippen LogP contribution in [0.25, 0.3) is 0 Å². The number of unbranched alkanes of at least 4 members (excludes halogenated alkanes) is 15. The number of allylic oxidation sites excluding steroid dienone is 14. The number of rotatable bonds is 40. The fourth-order valence-electron chi connectivity index (χ4n) is 5.93. The van der Waals surface area contributed by atoms with E-state index in [0.717, 1.165) is 89.9 Å². The average Bonchev–Trinajstić information content (AvgIpc) is 3.21. The fourth-order valence-corrected chi connectivity index (χ4v) is 5.93. The van der Waals surface area contributed by atoms with Crippen molar-refractivity contribution < 1.29 is 28.6 Å². The van der Waals surface area contributed by atoms with Crippen LogP contribution in [0, 0.1) is 0 Å². The van der Waals surface area contributed by atoms with E-state index in [9.17, 15) is 14.4 Å². The Bertz CT molecular complexity index is 1140. The van der Waals surface area contributed by atoms with Crippen LogP contribution in [0.15, 0.2) is 85.1 Å². The van der Waals surface area contributed by atoms with Gasteiger partial charge in [0.1, 0.15) is 13.2 Å². The molecule has 0 N–H and O–H groups in total. The molecule has 0 aliphatic rings. The molecular weight excluding hydrogens is 709 g/mol. The third-order valence-electron chi connectivity index (χ3n) is 9.40. The normalized spacial score (nSPS) is 12.8. The van der Waals surface area contributed by atoms with Crippen LogP contribution in [0.4, 0.5) is 0 Å². The summed E-state index contributed by atoms with van der Waals surface area (Å²) in [6, 6.07) is 0. The molecule has 0 heterocycles. The average molecular weight is 793 g/mol. The van der Waals surface area contributed by atoms with Gasteiger partial charge in [-0.1, -0.05) is 183 Å². The molecule has 1 unspecified atom stereocenters. The number of hydrogen-bond donors (Lipinski definition) is 0. The summed E-state index contributed by atoms with van der Waals surface area (Å²) < 4.78 is 16.6. The topological polar surface area (TPSA) is 78.9 Å². The fraction of sp³-hybridized carbons (Fsp3) is 0.667. The van der Waals surface area contributed by atoms with Crippen LogP contribution in [-0.4, -0.2) is 37.2 Å². The van der Waals surface area contributed by atoms with E-state index >= 15 is 0 Å². The van der Waals surface area contributed by atoms with Gasteiger partial charge >= 0.3 is 17.9 Å². The second-order valence-electron chi connectivity index (χ2n) is 14.9. The molecule has 324 valence electrons. The van der Waals surface area contributed by atoms with Crippen molar-refractivity contribution in [2.75, 3.05) is 13.2 Å². The SMILES string of the molecule is CC/C=C\C/C=C\C/C=C\C/C=C\C/C=C\C/C=C\CCC(=O)OCC(COC(=O)CCCCCCCCCC)OC(=O)CCCCCCC/C=C\CCCCC. The van der Waals surface area contributed by atoms with Crippen molar-refractivity contribution in [3.63, 3.8) is 0 Å². The number of ether oxygens (including phenoxy) is 3. The van der Waals surface area contributed by atoms with E-state index < -0.39 is 6.10 Å². The van der Waals surface area contributed by atoms with Crippen molar-refractivity contribution >= 4 is 17.9 Å². The van der Waals surface area contributed by atoms with Gasteiger partial charge in [-0.05, 0) is 83.5 Å². The lowest BCUT2D eigenvalue weighted by Crippen LogP contribution is -2.30. The Labute approximate surface area is 350 Å². The van der Waals surface area contributed by atoms with Crippen LogP contribution < -0.4 is 0 Å². The zero-order valence-corrected chi connectivity index (χ0v) is 36.8. The summed E-state index contributed by atoms with van der Waals surface area (Å²) in [4.78, 5) is 37.6. The number of hydrogen-bond acceptors (Lipinski definition) is 6. The largest absolute Gasteiger partial charge is 0.462 e. The molecule has 1 atom stereocenters. The summed E-state index contributed by atoms with van der Waals surface area (Å²) >= 11 is 0. The van der Waals surface area contributed by atoms with Gasteiger partial charge in [0.05, 0.1) is 0 Å². The molecule has 6 heteroatoms. The highest BCUT2D eigenvalue weighted by molar-refractivity contribution is 5.71. The molecule has 0 aromatic rings. The standard InChI is InChI=1S/C51H84O6/c1-4-7-10-13-16-19-21-23-24-25-26-27-28-29-31-32-35-38-41-44-50(53)56-47-48(46-55-49(52)43-40-37-34-18-15-12-9-6-3)57-51(54)45-42-39-36-33-30-22-20-17-14-11-8-5-2/h7,10,16-17,19-20,23-24,26-27,29,31,35,38,48H,4-6,8-9,11-15,18,21-22,25,28,30,32-34,36-37,39-47H2,1-3H3/b10-7-,19-16-,20-17-,24-23-,27-26-,31-29-,38-35-. The Morgan fingerprint density at radius 2 is 0.719 bits per heavy atom. The Morgan fingerprint density at radius 1 is 0.368 bits per heavy atom. The molecule has 0 spiro atoms. The first-order valence-electron chi connectivity index (χ1n) is 23.1. The van der Waals surface area contributed by atoms with Gasteiger partial charge in [-0.2, -0.15) is 0 Å². The van der Waals surface area contributed by atoms with Crippen molar-refractivity contribution in [2.24, 2.45) is 0 Å². The number of carbonyl (C=O) groups excluding carboxylic acids is 3. The maximum absolute atomic E-state index is 12.7. The molecule has 0 aromatic carbocycles. The second kappa shape index (κ2) is 45.3. The molecule has 0 aromatic heterocycles. The van der Waals surface area contributed by atoms with Crippen LogP contribution in [0.5, 0.6) is 0 Å². The van der Waals surface area contributed by atoms with Gasteiger partial charge < -0.3 is 14.2 Å². The van der Waals surface area contributed by atoms with Crippen molar-refractivity contribution in [1.82, 2.24) is 0 Å². The highest BCUT2D eigenvalue weighted by Gasteiger charge is 2.19. The number of esters is 3. The van der Waals surface area contributed by atoms with Crippen LogP contribution in [0.2, 0.25) is 0 Å². The van der Waals surface area contributed by atoms with Gasteiger partial charge in [-0.15, -0.1) is 0 Å². The van der Waals surface area contributed by atoms with Gasteiger partial charge in [-0.3, -0.25) is 14.4 Å². The van der Waals surface area contributed by atoms with Gasteiger partial charge in [0.15, 0.2) is 6.10 Å². The summed E-state index contributed by atoms with van der Waals surface area (Å²) in [7, 11) is 0. The summed E-state index contributed by atoms with van der Waals surface area (Å²) in [5.74, 6) is -1.01. The minimum absolute atomic E-state index is 0.103. The first-order chi connectivity index (χ1) is 28.0. The lowest BCUT2D eigenvalue weighted by Gasteiger charge is -2.18. The van der Waals surface area contributed by atoms with Gasteiger partial charge in [0, 0.05) is 19.3 Å². The third-order valence-corrected chi connectivity index (χ3v) is 9.40. The maximum atomic E-state index is 12.7. The van der Waals surface area contributed by atoms with Crippen LogP contribution in [0.3, 0.4) is 0 Å². The van der Waals surface area contributed by atoms with Crippen molar-refractivity contribution in [3.8, 4) is 0 Å². The lowest BCUT2D eigenvalue weighted by molar-refractivity contribution is -0.166. The predicted molar refractivity (Wildman–Crippen MR) is 242 cm³/mol. The molecule has 0 saturated heterocycles. The molecule has 0 amide bonds. The van der Waals surface area contributed by atoms with Crippen molar-refractivity contribution in [3.05, 3.63) is 85.1 Å². The Kier molecular flexibility index (Phi) is 42.6. The summed E-state index contributed by atoms with van der Waals surface area (Å²) in [6.45, 7) is 6.37. The quantitative estimate of drug-likeness (QED) is 0.0266. The minimum atomic E-state index is -0.807. The maximum Gasteiger partial charge on any atom is 0.306 e. The zero-order chi connectivity index (χ0) is 41.5. The van der Waals surface area contributed by atoms with Gasteiger partial charge in [0.25, 0.3) is 0 Å². The van der Waals surface area contributed by atoms with E-state index in [4.69, 9.17) is 14.2 Å². The molecule has 0 rings (SSSR count). The molecule has 0 bridgehead atoms. The monoisotopic (exact) mass is 793 g/mol. The van der Waals surface area contributed by atoms with Crippen LogP contribution in [-0.2, 0) is 28.6 Å². The zero-order valence-electron chi connectivity index (χ0n) is 36.8. The van der Waals surface area contributed by atoms with E-state index in [1.165, 1.54) is 64.2 Å². The van der Waals surface area contributed by atoms with E-state index in [1.54, 1.807) is 0 Å². The van der Waals surface area contributed by atoms with Crippen molar-refractivity contribution in [2.45, 2.75) is 207 Å².